The van der Waals surface area contributed by atoms with E-state index in [1.165, 1.54) is 0 Å². The minimum Gasteiger partial charge on any atom is -0.384 e. The molecule has 0 saturated heterocycles. The molecule has 0 aromatic carbocycles. The standard InChI is InChI=1S/C9H11N3O/c1-13-5-3-9-11-7-2-4-10-6-8(7)12-9/h2,4,6H,3,5H2,1H3,(H,11,12). The number of nitrogens with one attached hydrogen (secondary N) is 1. The van der Waals surface area contributed by atoms with Crippen LogP contribution in [-0.4, -0.2) is 28.7 Å². The summed E-state index contributed by atoms with van der Waals surface area (Å²) in [5, 5.41) is 0. The highest BCUT2D eigenvalue weighted by Gasteiger charge is 2.00. The van der Waals surface area contributed by atoms with Gasteiger partial charge in [0.2, 0.25) is 0 Å². The number of nitrogens with zero attached hydrogens (tertiary/aromatic N) is 2. The summed E-state index contributed by atoms with van der Waals surface area (Å²) in [6.07, 6.45) is 4.33. The fourth-order valence-corrected chi connectivity index (χ4v) is 1.23. The number of aromatic amines is 1. The van der Waals surface area contributed by atoms with Crippen LogP contribution in [0.1, 0.15) is 5.82 Å². The van der Waals surface area contributed by atoms with E-state index in [-0.39, 0.29) is 0 Å². The van der Waals surface area contributed by atoms with Crippen molar-refractivity contribution < 1.29 is 4.74 Å². The summed E-state index contributed by atoms with van der Waals surface area (Å²) in [6.45, 7) is 0.688. The fraction of sp³-hybridized carbons (Fsp3) is 0.333. The van der Waals surface area contributed by atoms with Gasteiger partial charge in [-0.3, -0.25) is 4.98 Å². The van der Waals surface area contributed by atoms with E-state index in [4.69, 9.17) is 4.74 Å². The smallest absolute Gasteiger partial charge is 0.109 e. The lowest BCUT2D eigenvalue weighted by Gasteiger charge is -1.92. The molecule has 0 aliphatic rings. The Labute approximate surface area is 76.0 Å². The number of H-pyrrole nitrogens is 1. The Morgan fingerprint density at radius 1 is 1.54 bits per heavy atom. The second kappa shape index (κ2) is 3.53. The average Bonchev–Trinajstić information content (AvgIpc) is 2.57. The van der Waals surface area contributed by atoms with Crippen molar-refractivity contribution in [3.05, 3.63) is 24.3 Å². The first kappa shape index (κ1) is 8.19. The lowest BCUT2D eigenvalue weighted by atomic mass is 10.4. The number of hydrogen-bond donors (Lipinski definition) is 1. The van der Waals surface area contributed by atoms with Crippen LogP contribution in [0.5, 0.6) is 0 Å². The Kier molecular flexibility index (Phi) is 2.23. The van der Waals surface area contributed by atoms with Crippen molar-refractivity contribution in [1.82, 2.24) is 15.0 Å². The second-order valence-corrected chi connectivity index (χ2v) is 2.82. The summed E-state index contributed by atoms with van der Waals surface area (Å²) < 4.78 is 4.97. The predicted molar refractivity (Wildman–Crippen MR) is 49.5 cm³/mol. The van der Waals surface area contributed by atoms with Gasteiger partial charge >= 0.3 is 0 Å². The molecule has 2 aromatic rings. The molecule has 0 radical (unpaired) electrons. The molecule has 2 heterocycles. The maximum Gasteiger partial charge on any atom is 0.109 e. The van der Waals surface area contributed by atoms with Gasteiger partial charge in [0, 0.05) is 19.7 Å². The van der Waals surface area contributed by atoms with Gasteiger partial charge in [-0.05, 0) is 6.07 Å². The van der Waals surface area contributed by atoms with E-state index >= 15 is 0 Å². The van der Waals surface area contributed by atoms with Crippen LogP contribution in [0.25, 0.3) is 11.0 Å². The molecule has 4 nitrogen and oxygen atoms in total. The quantitative estimate of drug-likeness (QED) is 0.765. The molecule has 13 heavy (non-hydrogen) atoms. The molecule has 2 rings (SSSR count). The van der Waals surface area contributed by atoms with Crippen molar-refractivity contribution >= 4 is 11.0 Å². The SMILES string of the molecule is COCCc1nc2ccncc2[nH]1. The van der Waals surface area contributed by atoms with Gasteiger partial charge in [0.15, 0.2) is 0 Å². The van der Waals surface area contributed by atoms with E-state index in [0.717, 1.165) is 23.3 Å². The predicted octanol–water partition coefficient (Wildman–Crippen LogP) is 1.15. The normalized spacial score (nSPS) is 10.8. The summed E-state index contributed by atoms with van der Waals surface area (Å²) in [5.74, 6) is 0.949. The molecule has 0 bridgehead atoms. The number of rotatable bonds is 3. The molecule has 0 aliphatic carbocycles. The number of fused-ring (bicyclic) bond motifs is 1. The molecular formula is C9H11N3O. The highest BCUT2D eigenvalue weighted by molar-refractivity contribution is 5.73. The Morgan fingerprint density at radius 3 is 3.23 bits per heavy atom. The zero-order valence-corrected chi connectivity index (χ0v) is 7.45. The maximum atomic E-state index is 4.97. The summed E-state index contributed by atoms with van der Waals surface area (Å²) >= 11 is 0. The topological polar surface area (TPSA) is 50.8 Å². The molecule has 0 amide bonds. The minimum atomic E-state index is 0.688. The van der Waals surface area contributed by atoms with Crippen LogP contribution in [0.3, 0.4) is 0 Å². The van der Waals surface area contributed by atoms with Crippen LogP contribution >= 0.6 is 0 Å². The number of imidazole rings is 1. The molecule has 0 aliphatic heterocycles. The summed E-state index contributed by atoms with van der Waals surface area (Å²) in [4.78, 5) is 11.6. The van der Waals surface area contributed by atoms with E-state index in [1.54, 1.807) is 19.5 Å². The summed E-state index contributed by atoms with van der Waals surface area (Å²) in [6, 6.07) is 1.89. The van der Waals surface area contributed by atoms with Crippen molar-refractivity contribution in [2.75, 3.05) is 13.7 Å². The van der Waals surface area contributed by atoms with Gasteiger partial charge in [0.25, 0.3) is 0 Å². The van der Waals surface area contributed by atoms with Crippen LogP contribution in [0.2, 0.25) is 0 Å². The third-order valence-corrected chi connectivity index (χ3v) is 1.88. The Balaban J connectivity index is 2.28. The lowest BCUT2D eigenvalue weighted by molar-refractivity contribution is 0.201. The number of aromatic nitrogens is 3. The molecule has 2 aromatic heterocycles. The van der Waals surface area contributed by atoms with Gasteiger partial charge in [0.05, 0.1) is 23.8 Å². The molecule has 4 heteroatoms. The van der Waals surface area contributed by atoms with E-state index in [2.05, 4.69) is 15.0 Å². The number of hydrogen-bond acceptors (Lipinski definition) is 3. The van der Waals surface area contributed by atoms with E-state index in [0.29, 0.717) is 6.61 Å². The molecule has 1 N–H and O–H groups in total. The van der Waals surface area contributed by atoms with Crippen LogP contribution in [0.4, 0.5) is 0 Å². The highest BCUT2D eigenvalue weighted by atomic mass is 16.5. The van der Waals surface area contributed by atoms with Crippen molar-refractivity contribution in [3.8, 4) is 0 Å². The first-order chi connectivity index (χ1) is 6.40. The van der Waals surface area contributed by atoms with Crippen molar-refractivity contribution in [2.24, 2.45) is 0 Å². The number of methoxy groups -OCH3 is 1. The van der Waals surface area contributed by atoms with Crippen LogP contribution in [0.15, 0.2) is 18.5 Å². The first-order valence-electron chi connectivity index (χ1n) is 4.17. The van der Waals surface area contributed by atoms with Crippen LogP contribution < -0.4 is 0 Å². The van der Waals surface area contributed by atoms with Gasteiger partial charge in [0.1, 0.15) is 5.82 Å². The number of pyridine rings is 1. The third kappa shape index (κ3) is 1.67. The van der Waals surface area contributed by atoms with Gasteiger partial charge in [-0.2, -0.15) is 0 Å². The van der Waals surface area contributed by atoms with E-state index in [1.807, 2.05) is 6.07 Å². The van der Waals surface area contributed by atoms with Gasteiger partial charge < -0.3 is 9.72 Å². The maximum absolute atomic E-state index is 4.97. The molecule has 0 saturated carbocycles. The van der Waals surface area contributed by atoms with Crippen LogP contribution in [0, 0.1) is 0 Å². The van der Waals surface area contributed by atoms with Crippen molar-refractivity contribution in [1.29, 1.82) is 0 Å². The molecule has 0 spiro atoms. The summed E-state index contributed by atoms with van der Waals surface area (Å²) in [7, 11) is 1.68. The first-order valence-corrected chi connectivity index (χ1v) is 4.17. The Hall–Kier alpha value is -1.42. The fourth-order valence-electron chi connectivity index (χ4n) is 1.23. The van der Waals surface area contributed by atoms with E-state index < -0.39 is 0 Å². The van der Waals surface area contributed by atoms with Gasteiger partial charge in [-0.1, -0.05) is 0 Å². The molecule has 0 fully saturated rings. The van der Waals surface area contributed by atoms with Crippen molar-refractivity contribution in [3.63, 3.8) is 0 Å². The van der Waals surface area contributed by atoms with Crippen molar-refractivity contribution in [2.45, 2.75) is 6.42 Å². The number of ether oxygens (including phenoxy) is 1. The van der Waals surface area contributed by atoms with E-state index in [9.17, 15) is 0 Å². The Bertz CT molecular complexity index is 363. The minimum absolute atomic E-state index is 0.688. The molecule has 0 unspecified atom stereocenters. The molecular weight excluding hydrogens is 166 g/mol. The largest absolute Gasteiger partial charge is 0.384 e. The second-order valence-electron chi connectivity index (χ2n) is 2.82. The lowest BCUT2D eigenvalue weighted by Crippen LogP contribution is -1.95. The van der Waals surface area contributed by atoms with Crippen LogP contribution in [-0.2, 0) is 11.2 Å². The average molecular weight is 177 g/mol. The summed E-state index contributed by atoms with van der Waals surface area (Å²) in [5.41, 5.74) is 1.94. The highest BCUT2D eigenvalue weighted by Crippen LogP contribution is 2.08. The van der Waals surface area contributed by atoms with Gasteiger partial charge in [-0.25, -0.2) is 4.98 Å². The monoisotopic (exact) mass is 177 g/mol. The zero-order valence-electron chi connectivity index (χ0n) is 7.45. The van der Waals surface area contributed by atoms with Gasteiger partial charge in [-0.15, -0.1) is 0 Å². The molecule has 0 atom stereocenters. The third-order valence-electron chi connectivity index (χ3n) is 1.88. The zero-order chi connectivity index (χ0) is 9.10. The Morgan fingerprint density at radius 2 is 2.46 bits per heavy atom. The molecule has 68 valence electrons.